The van der Waals surface area contributed by atoms with E-state index in [9.17, 15) is 4.79 Å². The van der Waals surface area contributed by atoms with Gasteiger partial charge >= 0.3 is 0 Å². The minimum absolute atomic E-state index is 0.0242. The second-order valence-corrected chi connectivity index (χ2v) is 5.39. The summed E-state index contributed by atoms with van der Waals surface area (Å²) in [6.45, 7) is 3.84. The Bertz CT molecular complexity index is 502. The molecule has 20 heavy (non-hydrogen) atoms. The standard InChI is InChI=1S/C14H18Cl2N2O2/c1-9(2)17-14(19)7-6-13(18-20-3)10-4-5-11(15)12(16)8-10/h4-5,8-9H,6-7H2,1-3H3,(H,17,19). The van der Waals surface area contributed by atoms with E-state index in [1.54, 1.807) is 18.2 Å². The van der Waals surface area contributed by atoms with Crippen LogP contribution in [0.5, 0.6) is 0 Å². The minimum Gasteiger partial charge on any atom is -0.399 e. The largest absolute Gasteiger partial charge is 0.399 e. The van der Waals surface area contributed by atoms with Crippen molar-refractivity contribution in [2.75, 3.05) is 7.11 Å². The molecule has 1 amide bonds. The van der Waals surface area contributed by atoms with Gasteiger partial charge in [-0.05, 0) is 26.0 Å². The van der Waals surface area contributed by atoms with Crippen LogP contribution in [0.25, 0.3) is 0 Å². The maximum absolute atomic E-state index is 11.7. The van der Waals surface area contributed by atoms with Crippen molar-refractivity contribution in [3.05, 3.63) is 33.8 Å². The predicted octanol–water partition coefficient (Wildman–Crippen LogP) is 3.65. The molecule has 6 heteroatoms. The first-order valence-corrected chi connectivity index (χ1v) is 7.04. The molecular weight excluding hydrogens is 299 g/mol. The zero-order chi connectivity index (χ0) is 15.1. The van der Waals surface area contributed by atoms with Crippen molar-refractivity contribution in [2.45, 2.75) is 32.7 Å². The van der Waals surface area contributed by atoms with Crippen LogP contribution in [0.1, 0.15) is 32.3 Å². The Balaban J connectivity index is 2.77. The summed E-state index contributed by atoms with van der Waals surface area (Å²) in [4.78, 5) is 16.5. The van der Waals surface area contributed by atoms with Crippen LogP contribution in [0.3, 0.4) is 0 Å². The Morgan fingerprint density at radius 2 is 2.00 bits per heavy atom. The van der Waals surface area contributed by atoms with Crippen LogP contribution < -0.4 is 5.32 Å². The summed E-state index contributed by atoms with van der Waals surface area (Å²) >= 11 is 11.9. The summed E-state index contributed by atoms with van der Waals surface area (Å²) in [5.41, 5.74) is 1.45. The Kier molecular flexibility index (Phi) is 6.82. The Labute approximate surface area is 129 Å². The van der Waals surface area contributed by atoms with Crippen LogP contribution in [-0.4, -0.2) is 24.8 Å². The minimum atomic E-state index is -0.0242. The highest BCUT2D eigenvalue weighted by Gasteiger charge is 2.11. The van der Waals surface area contributed by atoms with E-state index in [1.807, 2.05) is 13.8 Å². The van der Waals surface area contributed by atoms with E-state index in [-0.39, 0.29) is 11.9 Å². The topological polar surface area (TPSA) is 50.7 Å². The molecule has 0 saturated heterocycles. The number of oxime groups is 1. The lowest BCUT2D eigenvalue weighted by Crippen LogP contribution is -2.30. The molecule has 110 valence electrons. The fraction of sp³-hybridized carbons (Fsp3) is 0.429. The average Bonchev–Trinajstić information content (AvgIpc) is 2.37. The van der Waals surface area contributed by atoms with Gasteiger partial charge in [-0.2, -0.15) is 0 Å². The molecular formula is C14H18Cl2N2O2. The summed E-state index contributed by atoms with van der Waals surface area (Å²) in [6, 6.07) is 5.32. The molecule has 0 aliphatic heterocycles. The maximum atomic E-state index is 11.7. The monoisotopic (exact) mass is 316 g/mol. The SMILES string of the molecule is CON=C(CCC(=O)NC(C)C)c1ccc(Cl)c(Cl)c1. The molecule has 4 nitrogen and oxygen atoms in total. The number of carbonyl (C=O) groups excluding carboxylic acids is 1. The lowest BCUT2D eigenvalue weighted by atomic mass is 10.1. The average molecular weight is 317 g/mol. The van der Waals surface area contributed by atoms with Gasteiger partial charge in [0.25, 0.3) is 0 Å². The molecule has 0 fully saturated rings. The van der Waals surface area contributed by atoms with Crippen molar-refractivity contribution in [3.8, 4) is 0 Å². The summed E-state index contributed by atoms with van der Waals surface area (Å²) in [5.74, 6) is -0.0242. The number of hydrogen-bond donors (Lipinski definition) is 1. The summed E-state index contributed by atoms with van der Waals surface area (Å²) in [7, 11) is 1.46. The summed E-state index contributed by atoms with van der Waals surface area (Å²) < 4.78 is 0. The molecule has 1 N–H and O–H groups in total. The van der Waals surface area contributed by atoms with Gasteiger partial charge in [0.1, 0.15) is 7.11 Å². The van der Waals surface area contributed by atoms with Crippen molar-refractivity contribution in [1.82, 2.24) is 5.32 Å². The number of rotatable bonds is 6. The van der Waals surface area contributed by atoms with Crippen LogP contribution in [0, 0.1) is 0 Å². The van der Waals surface area contributed by atoms with Crippen LogP contribution >= 0.6 is 23.2 Å². The lowest BCUT2D eigenvalue weighted by molar-refractivity contribution is -0.121. The van der Waals surface area contributed by atoms with Crippen molar-refractivity contribution in [2.24, 2.45) is 5.16 Å². The van der Waals surface area contributed by atoms with Crippen molar-refractivity contribution in [3.63, 3.8) is 0 Å². The van der Waals surface area contributed by atoms with E-state index in [0.29, 0.717) is 28.6 Å². The number of halogens is 2. The maximum Gasteiger partial charge on any atom is 0.220 e. The second kappa shape index (κ2) is 8.12. The van der Waals surface area contributed by atoms with Crippen molar-refractivity contribution < 1.29 is 9.63 Å². The predicted molar refractivity (Wildman–Crippen MR) is 82.5 cm³/mol. The van der Waals surface area contributed by atoms with E-state index < -0.39 is 0 Å². The van der Waals surface area contributed by atoms with Gasteiger partial charge in [-0.25, -0.2) is 0 Å². The second-order valence-electron chi connectivity index (χ2n) is 4.57. The molecule has 1 aromatic carbocycles. The smallest absolute Gasteiger partial charge is 0.220 e. The molecule has 0 heterocycles. The highest BCUT2D eigenvalue weighted by molar-refractivity contribution is 6.42. The molecule has 0 aliphatic rings. The third-order valence-electron chi connectivity index (χ3n) is 2.49. The highest BCUT2D eigenvalue weighted by Crippen LogP contribution is 2.23. The molecule has 0 aromatic heterocycles. The summed E-state index contributed by atoms with van der Waals surface area (Å²) in [6.07, 6.45) is 0.797. The first-order chi connectivity index (χ1) is 9.43. The fourth-order valence-electron chi connectivity index (χ4n) is 1.65. The number of carbonyl (C=O) groups is 1. The number of hydrogen-bond acceptors (Lipinski definition) is 3. The zero-order valence-corrected chi connectivity index (χ0v) is 13.3. The van der Waals surface area contributed by atoms with Gasteiger partial charge in [-0.3, -0.25) is 4.79 Å². The van der Waals surface area contributed by atoms with Gasteiger partial charge < -0.3 is 10.2 Å². The lowest BCUT2D eigenvalue weighted by Gasteiger charge is -2.10. The van der Waals surface area contributed by atoms with E-state index >= 15 is 0 Å². The van der Waals surface area contributed by atoms with E-state index in [1.165, 1.54) is 7.11 Å². The molecule has 1 rings (SSSR count). The van der Waals surface area contributed by atoms with Crippen molar-refractivity contribution in [1.29, 1.82) is 0 Å². The first-order valence-electron chi connectivity index (χ1n) is 6.29. The fourth-order valence-corrected chi connectivity index (χ4v) is 1.95. The normalized spacial score (nSPS) is 11.6. The van der Waals surface area contributed by atoms with Crippen LogP contribution in [-0.2, 0) is 9.63 Å². The van der Waals surface area contributed by atoms with Crippen LogP contribution in [0.4, 0.5) is 0 Å². The Morgan fingerprint density at radius 3 is 2.55 bits per heavy atom. The van der Waals surface area contributed by atoms with E-state index in [2.05, 4.69) is 10.5 Å². The van der Waals surface area contributed by atoms with Gasteiger partial charge in [0.2, 0.25) is 5.91 Å². The van der Waals surface area contributed by atoms with Crippen LogP contribution in [0.2, 0.25) is 10.0 Å². The Hall–Kier alpha value is -1.26. The number of nitrogens with zero attached hydrogens (tertiary/aromatic N) is 1. The summed E-state index contributed by atoms with van der Waals surface area (Å²) in [5, 5.41) is 7.70. The van der Waals surface area contributed by atoms with Crippen molar-refractivity contribution >= 4 is 34.8 Å². The van der Waals surface area contributed by atoms with Gasteiger partial charge in [0, 0.05) is 24.4 Å². The molecule has 0 radical (unpaired) electrons. The van der Waals surface area contributed by atoms with Gasteiger partial charge in [-0.1, -0.05) is 34.4 Å². The molecule has 0 aliphatic carbocycles. The zero-order valence-electron chi connectivity index (χ0n) is 11.7. The van der Waals surface area contributed by atoms with Gasteiger partial charge in [0.05, 0.1) is 15.8 Å². The third kappa shape index (κ3) is 5.39. The molecule has 0 spiro atoms. The molecule has 0 unspecified atom stereocenters. The molecule has 0 bridgehead atoms. The first kappa shape index (κ1) is 16.8. The molecule has 0 atom stereocenters. The highest BCUT2D eigenvalue weighted by atomic mass is 35.5. The number of benzene rings is 1. The van der Waals surface area contributed by atoms with E-state index in [4.69, 9.17) is 28.0 Å². The third-order valence-corrected chi connectivity index (χ3v) is 3.23. The number of nitrogens with one attached hydrogen (secondary N) is 1. The van der Waals surface area contributed by atoms with Crippen LogP contribution in [0.15, 0.2) is 23.4 Å². The molecule has 0 saturated carbocycles. The Morgan fingerprint density at radius 1 is 1.30 bits per heavy atom. The van der Waals surface area contributed by atoms with E-state index in [0.717, 1.165) is 5.56 Å². The van der Waals surface area contributed by atoms with Gasteiger partial charge in [0.15, 0.2) is 0 Å². The number of amides is 1. The quantitative estimate of drug-likeness (QED) is 0.643. The molecule has 1 aromatic rings. The van der Waals surface area contributed by atoms with Gasteiger partial charge in [-0.15, -0.1) is 0 Å².